The summed E-state index contributed by atoms with van der Waals surface area (Å²) in [5.41, 5.74) is 6.73. The Hall–Kier alpha value is -0.0800. The Morgan fingerprint density at radius 2 is 1.78 bits per heavy atom. The van der Waals surface area contributed by atoms with E-state index in [2.05, 4.69) is 18.7 Å². The van der Waals surface area contributed by atoms with Crippen LogP contribution in [0.3, 0.4) is 0 Å². The van der Waals surface area contributed by atoms with Gasteiger partial charge >= 0.3 is 0 Å². The van der Waals surface area contributed by atoms with Crippen molar-refractivity contribution in [3.63, 3.8) is 0 Å². The first-order chi connectivity index (χ1) is 8.59. The van der Waals surface area contributed by atoms with Gasteiger partial charge in [0.25, 0.3) is 0 Å². The molecule has 2 N–H and O–H groups in total. The van der Waals surface area contributed by atoms with Crippen LogP contribution in [-0.2, 0) is 0 Å². The van der Waals surface area contributed by atoms with Crippen molar-refractivity contribution in [1.29, 1.82) is 0 Å². The molecule has 2 aliphatic rings. The van der Waals surface area contributed by atoms with E-state index >= 15 is 0 Å². The molecule has 2 heteroatoms. The fourth-order valence-corrected chi connectivity index (χ4v) is 3.87. The van der Waals surface area contributed by atoms with Crippen LogP contribution >= 0.6 is 0 Å². The molecule has 0 spiro atoms. The zero-order valence-corrected chi connectivity index (χ0v) is 12.5. The Kier molecular flexibility index (Phi) is 5.08. The van der Waals surface area contributed by atoms with E-state index in [0.717, 1.165) is 18.4 Å². The highest BCUT2D eigenvalue weighted by Crippen LogP contribution is 2.29. The van der Waals surface area contributed by atoms with Crippen LogP contribution in [0.5, 0.6) is 0 Å². The average Bonchev–Trinajstić information content (AvgIpc) is 2.55. The molecule has 106 valence electrons. The van der Waals surface area contributed by atoms with E-state index in [1.54, 1.807) is 0 Å². The first-order valence-electron chi connectivity index (χ1n) is 8.10. The molecule has 0 amide bonds. The SMILES string of the molecule is CC(C)C1CCCN(CC2(N)CCCCC2)CC1. The number of hydrogen-bond donors (Lipinski definition) is 1. The highest BCUT2D eigenvalue weighted by atomic mass is 15.1. The van der Waals surface area contributed by atoms with Crippen LogP contribution in [0.2, 0.25) is 0 Å². The average molecular weight is 252 g/mol. The lowest BCUT2D eigenvalue weighted by Crippen LogP contribution is -2.51. The fourth-order valence-electron chi connectivity index (χ4n) is 3.87. The number of nitrogens with zero attached hydrogens (tertiary/aromatic N) is 1. The Morgan fingerprint density at radius 3 is 2.44 bits per heavy atom. The standard InChI is InChI=1S/C16H32N2/c1-14(2)15-7-6-11-18(12-8-15)13-16(17)9-4-3-5-10-16/h14-15H,3-13,17H2,1-2H3. The van der Waals surface area contributed by atoms with Crippen molar-refractivity contribution in [1.82, 2.24) is 4.90 Å². The lowest BCUT2D eigenvalue weighted by atomic mass is 9.82. The fraction of sp³-hybridized carbons (Fsp3) is 1.00. The minimum Gasteiger partial charge on any atom is -0.324 e. The van der Waals surface area contributed by atoms with Crippen molar-refractivity contribution in [3.05, 3.63) is 0 Å². The summed E-state index contributed by atoms with van der Waals surface area (Å²) in [4.78, 5) is 2.66. The van der Waals surface area contributed by atoms with Crippen LogP contribution in [0, 0.1) is 11.8 Å². The Balaban J connectivity index is 1.82. The van der Waals surface area contributed by atoms with Crippen LogP contribution in [0.25, 0.3) is 0 Å². The highest BCUT2D eigenvalue weighted by Gasteiger charge is 2.30. The highest BCUT2D eigenvalue weighted by molar-refractivity contribution is 4.91. The molecule has 1 saturated carbocycles. The van der Waals surface area contributed by atoms with Gasteiger partial charge in [-0.25, -0.2) is 0 Å². The van der Waals surface area contributed by atoms with Crippen molar-refractivity contribution in [3.8, 4) is 0 Å². The van der Waals surface area contributed by atoms with Crippen LogP contribution < -0.4 is 5.73 Å². The van der Waals surface area contributed by atoms with E-state index in [4.69, 9.17) is 5.73 Å². The summed E-state index contributed by atoms with van der Waals surface area (Å²) >= 11 is 0. The smallest absolute Gasteiger partial charge is 0.0283 e. The summed E-state index contributed by atoms with van der Waals surface area (Å²) < 4.78 is 0. The summed E-state index contributed by atoms with van der Waals surface area (Å²) in [5.74, 6) is 1.79. The quantitative estimate of drug-likeness (QED) is 0.834. The molecule has 2 fully saturated rings. The van der Waals surface area contributed by atoms with Gasteiger partial charge in [-0.2, -0.15) is 0 Å². The Bertz CT molecular complexity index is 243. The number of rotatable bonds is 3. The maximum absolute atomic E-state index is 6.59. The van der Waals surface area contributed by atoms with Gasteiger partial charge in [-0.05, 0) is 57.0 Å². The van der Waals surface area contributed by atoms with E-state index in [-0.39, 0.29) is 5.54 Å². The van der Waals surface area contributed by atoms with Crippen molar-refractivity contribution < 1.29 is 0 Å². The van der Waals surface area contributed by atoms with Crippen molar-refractivity contribution >= 4 is 0 Å². The zero-order chi connectivity index (χ0) is 13.0. The molecule has 2 nitrogen and oxygen atoms in total. The van der Waals surface area contributed by atoms with Crippen molar-refractivity contribution in [2.45, 2.75) is 70.8 Å². The van der Waals surface area contributed by atoms with Gasteiger partial charge in [-0.1, -0.05) is 33.1 Å². The predicted molar refractivity (Wildman–Crippen MR) is 78.6 cm³/mol. The largest absolute Gasteiger partial charge is 0.324 e. The zero-order valence-electron chi connectivity index (χ0n) is 12.5. The van der Waals surface area contributed by atoms with Crippen LogP contribution in [0.4, 0.5) is 0 Å². The lowest BCUT2D eigenvalue weighted by molar-refractivity contribution is 0.173. The maximum atomic E-state index is 6.59. The first kappa shape index (κ1) is 14.3. The van der Waals surface area contributed by atoms with Gasteiger partial charge in [0.05, 0.1) is 0 Å². The molecule has 0 aromatic heterocycles. The second-order valence-electron chi connectivity index (χ2n) is 7.13. The predicted octanol–water partition coefficient (Wildman–Crippen LogP) is 3.41. The number of likely N-dealkylation sites (tertiary alicyclic amines) is 1. The molecule has 0 aromatic rings. The van der Waals surface area contributed by atoms with E-state index in [1.165, 1.54) is 64.5 Å². The Morgan fingerprint density at radius 1 is 1.06 bits per heavy atom. The number of hydrogen-bond acceptors (Lipinski definition) is 2. The van der Waals surface area contributed by atoms with E-state index in [0.29, 0.717) is 0 Å². The molecular formula is C16H32N2. The summed E-state index contributed by atoms with van der Waals surface area (Å²) in [6.07, 6.45) is 10.8. The van der Waals surface area contributed by atoms with Gasteiger partial charge in [-0.3, -0.25) is 0 Å². The minimum absolute atomic E-state index is 0.135. The molecule has 0 aromatic carbocycles. The molecule has 1 heterocycles. The summed E-state index contributed by atoms with van der Waals surface area (Å²) in [7, 11) is 0. The molecule has 1 aliphatic carbocycles. The second-order valence-corrected chi connectivity index (χ2v) is 7.13. The van der Waals surface area contributed by atoms with Crippen molar-refractivity contribution in [2.75, 3.05) is 19.6 Å². The third-order valence-electron chi connectivity index (χ3n) is 5.20. The molecule has 1 saturated heterocycles. The third-order valence-corrected chi connectivity index (χ3v) is 5.20. The monoisotopic (exact) mass is 252 g/mol. The van der Waals surface area contributed by atoms with Gasteiger partial charge in [-0.15, -0.1) is 0 Å². The molecule has 0 radical (unpaired) electrons. The van der Waals surface area contributed by atoms with E-state index in [1.807, 2.05) is 0 Å². The summed E-state index contributed by atoms with van der Waals surface area (Å²) in [6.45, 7) is 8.47. The van der Waals surface area contributed by atoms with Gasteiger partial charge in [0, 0.05) is 12.1 Å². The molecule has 1 aliphatic heterocycles. The molecule has 0 bridgehead atoms. The number of nitrogens with two attached hydrogens (primary N) is 1. The van der Waals surface area contributed by atoms with Crippen molar-refractivity contribution in [2.24, 2.45) is 17.6 Å². The van der Waals surface area contributed by atoms with Crippen LogP contribution in [0.15, 0.2) is 0 Å². The third kappa shape index (κ3) is 3.96. The van der Waals surface area contributed by atoms with Gasteiger partial charge in [0.2, 0.25) is 0 Å². The second kappa shape index (κ2) is 6.38. The maximum Gasteiger partial charge on any atom is 0.0283 e. The molecule has 1 atom stereocenters. The molecule has 18 heavy (non-hydrogen) atoms. The Labute approximate surface area is 113 Å². The summed E-state index contributed by atoms with van der Waals surface area (Å²) in [6, 6.07) is 0. The van der Waals surface area contributed by atoms with E-state index < -0.39 is 0 Å². The normalized spacial score (nSPS) is 30.3. The lowest BCUT2D eigenvalue weighted by Gasteiger charge is -2.38. The van der Waals surface area contributed by atoms with Gasteiger partial charge in [0.1, 0.15) is 0 Å². The first-order valence-corrected chi connectivity index (χ1v) is 8.10. The van der Waals surface area contributed by atoms with Crippen LogP contribution in [-0.4, -0.2) is 30.1 Å². The van der Waals surface area contributed by atoms with Crippen LogP contribution in [0.1, 0.15) is 65.2 Å². The molecule has 2 rings (SSSR count). The topological polar surface area (TPSA) is 29.3 Å². The van der Waals surface area contributed by atoms with Gasteiger partial charge in [0.15, 0.2) is 0 Å². The summed E-state index contributed by atoms with van der Waals surface area (Å²) in [5, 5.41) is 0. The minimum atomic E-state index is 0.135. The van der Waals surface area contributed by atoms with E-state index in [9.17, 15) is 0 Å². The molecular weight excluding hydrogens is 220 g/mol. The molecule has 1 unspecified atom stereocenters. The van der Waals surface area contributed by atoms with Gasteiger partial charge < -0.3 is 10.6 Å².